The van der Waals surface area contributed by atoms with Crippen LogP contribution in [0.15, 0.2) is 48.5 Å². The fourth-order valence-electron chi connectivity index (χ4n) is 2.36. The van der Waals surface area contributed by atoms with E-state index in [0.29, 0.717) is 18.2 Å². The van der Waals surface area contributed by atoms with Crippen LogP contribution in [0, 0.1) is 23.7 Å². The Morgan fingerprint density at radius 2 is 1.48 bits per heavy atom. The Labute approximate surface area is 177 Å². The van der Waals surface area contributed by atoms with Gasteiger partial charge in [0.1, 0.15) is 6.04 Å². The monoisotopic (exact) mass is 427 g/mol. The predicted octanol–water partition coefficient (Wildman–Crippen LogP) is 1.29. The smallest absolute Gasteiger partial charge is 0.269 e. The Balaban J connectivity index is 2.10. The summed E-state index contributed by atoms with van der Waals surface area (Å²) < 4.78 is 26.1. The number of hydrogen-bond acceptors (Lipinski definition) is 5. The number of hydrogen-bond donors (Lipinski definition) is 5. The zero-order valence-corrected chi connectivity index (χ0v) is 16.3. The standard InChI is InChI=1S/C22H19F2N3O4/c1-22(30,21(23)24)18(20(29)27-31)26-19(28)16-10-6-14(7-11-16)4-2-3-5-15-8-12-17(25)13-9-15/h6-13,18,21,30-31H,25H2,1H3,(H,26,28)(H,27,29)/t18-,22+/m0/s1. The lowest BCUT2D eigenvalue weighted by molar-refractivity contribution is -0.149. The highest BCUT2D eigenvalue weighted by atomic mass is 19.3. The molecule has 7 nitrogen and oxygen atoms in total. The molecular formula is C22H19F2N3O4. The summed E-state index contributed by atoms with van der Waals surface area (Å²) in [6.07, 6.45) is -3.36. The highest BCUT2D eigenvalue weighted by molar-refractivity contribution is 5.97. The third-order valence-electron chi connectivity index (χ3n) is 4.21. The number of carbonyl (C=O) groups excluding carboxylic acids is 2. The molecule has 0 aliphatic rings. The van der Waals surface area contributed by atoms with Gasteiger partial charge < -0.3 is 16.2 Å². The van der Waals surface area contributed by atoms with Gasteiger partial charge in [-0.1, -0.05) is 11.8 Å². The fraction of sp³-hybridized carbons (Fsp3) is 0.182. The second-order valence-corrected chi connectivity index (χ2v) is 6.61. The minimum Gasteiger partial charge on any atom is -0.399 e. The highest BCUT2D eigenvalue weighted by Gasteiger charge is 2.46. The first-order chi connectivity index (χ1) is 14.6. The Morgan fingerprint density at radius 1 is 1.00 bits per heavy atom. The summed E-state index contributed by atoms with van der Waals surface area (Å²) >= 11 is 0. The number of rotatable bonds is 5. The van der Waals surface area contributed by atoms with Crippen LogP contribution >= 0.6 is 0 Å². The summed E-state index contributed by atoms with van der Waals surface area (Å²) in [5.41, 5.74) is 5.77. The molecule has 31 heavy (non-hydrogen) atoms. The van der Waals surface area contributed by atoms with E-state index in [9.17, 15) is 23.5 Å². The average Bonchev–Trinajstić information content (AvgIpc) is 2.75. The first-order valence-corrected chi connectivity index (χ1v) is 8.88. The van der Waals surface area contributed by atoms with Gasteiger partial charge in [-0.3, -0.25) is 14.8 Å². The number of amides is 2. The number of alkyl halides is 2. The summed E-state index contributed by atoms with van der Waals surface area (Å²) in [6.45, 7) is 0.669. The van der Waals surface area contributed by atoms with Gasteiger partial charge in [-0.2, -0.15) is 0 Å². The van der Waals surface area contributed by atoms with Crippen molar-refractivity contribution in [1.82, 2.24) is 10.8 Å². The molecule has 2 aromatic rings. The quantitative estimate of drug-likeness (QED) is 0.213. The van der Waals surface area contributed by atoms with E-state index in [0.717, 1.165) is 11.0 Å². The molecule has 0 saturated heterocycles. The van der Waals surface area contributed by atoms with Crippen molar-refractivity contribution in [1.29, 1.82) is 0 Å². The van der Waals surface area contributed by atoms with E-state index < -0.39 is 29.9 Å². The summed E-state index contributed by atoms with van der Waals surface area (Å²) in [5.74, 6) is 8.68. The van der Waals surface area contributed by atoms with Gasteiger partial charge >= 0.3 is 0 Å². The number of halogens is 2. The lowest BCUT2D eigenvalue weighted by Crippen LogP contribution is -2.61. The first kappa shape index (κ1) is 23.4. The summed E-state index contributed by atoms with van der Waals surface area (Å²) in [5, 5.41) is 20.5. The highest BCUT2D eigenvalue weighted by Crippen LogP contribution is 2.20. The number of hydroxylamine groups is 1. The molecule has 2 amide bonds. The van der Waals surface area contributed by atoms with E-state index >= 15 is 0 Å². The molecule has 0 spiro atoms. The maximum atomic E-state index is 13.0. The topological polar surface area (TPSA) is 125 Å². The Hall–Kier alpha value is -3.92. The van der Waals surface area contributed by atoms with Gasteiger partial charge in [0.2, 0.25) is 0 Å². The van der Waals surface area contributed by atoms with Crippen LogP contribution in [0.25, 0.3) is 0 Å². The molecule has 6 N–H and O–H groups in total. The molecule has 9 heteroatoms. The lowest BCUT2D eigenvalue weighted by Gasteiger charge is -2.30. The molecule has 0 aliphatic heterocycles. The molecule has 0 aromatic heterocycles. The van der Waals surface area contributed by atoms with Gasteiger partial charge in [-0.25, -0.2) is 14.3 Å². The third kappa shape index (κ3) is 6.28. The van der Waals surface area contributed by atoms with Crippen molar-refractivity contribution in [2.24, 2.45) is 0 Å². The van der Waals surface area contributed by atoms with Gasteiger partial charge in [-0.15, -0.1) is 0 Å². The molecule has 0 bridgehead atoms. The van der Waals surface area contributed by atoms with Crippen LogP contribution < -0.4 is 16.5 Å². The van der Waals surface area contributed by atoms with Crippen LogP contribution in [0.1, 0.15) is 28.4 Å². The van der Waals surface area contributed by atoms with Crippen LogP contribution in [0.3, 0.4) is 0 Å². The zero-order chi connectivity index (χ0) is 23.0. The van der Waals surface area contributed by atoms with E-state index in [1.807, 2.05) is 5.32 Å². The van der Waals surface area contributed by atoms with E-state index in [1.54, 1.807) is 24.3 Å². The number of aliphatic hydroxyl groups is 1. The zero-order valence-electron chi connectivity index (χ0n) is 16.3. The second-order valence-electron chi connectivity index (χ2n) is 6.61. The van der Waals surface area contributed by atoms with Crippen LogP contribution in [0.2, 0.25) is 0 Å². The van der Waals surface area contributed by atoms with Crippen LogP contribution in [0.4, 0.5) is 14.5 Å². The molecule has 0 heterocycles. The van der Waals surface area contributed by atoms with Crippen molar-refractivity contribution in [3.8, 4) is 23.7 Å². The van der Waals surface area contributed by atoms with Crippen LogP contribution in [-0.2, 0) is 4.79 Å². The normalized spacial score (nSPS) is 13.0. The van der Waals surface area contributed by atoms with Crippen LogP contribution in [-0.4, -0.2) is 40.2 Å². The molecule has 0 unspecified atom stereocenters. The summed E-state index contributed by atoms with van der Waals surface area (Å²) in [6, 6.07) is 10.6. The second kappa shape index (κ2) is 10.2. The largest absolute Gasteiger partial charge is 0.399 e. The van der Waals surface area contributed by atoms with E-state index in [4.69, 9.17) is 10.9 Å². The van der Waals surface area contributed by atoms with E-state index in [2.05, 4.69) is 23.7 Å². The maximum Gasteiger partial charge on any atom is 0.269 e. The van der Waals surface area contributed by atoms with Crippen molar-refractivity contribution in [2.45, 2.75) is 25.0 Å². The first-order valence-electron chi connectivity index (χ1n) is 8.88. The minimum absolute atomic E-state index is 0.0271. The molecule has 0 radical (unpaired) electrons. The molecular weight excluding hydrogens is 408 g/mol. The number of nitrogen functional groups attached to an aromatic ring is 1. The number of anilines is 1. The lowest BCUT2D eigenvalue weighted by atomic mass is 9.95. The predicted molar refractivity (Wildman–Crippen MR) is 109 cm³/mol. The van der Waals surface area contributed by atoms with Gasteiger partial charge in [0.25, 0.3) is 18.2 Å². The summed E-state index contributed by atoms with van der Waals surface area (Å²) in [4.78, 5) is 23.9. The third-order valence-corrected chi connectivity index (χ3v) is 4.21. The fourth-order valence-corrected chi connectivity index (χ4v) is 2.36. The van der Waals surface area contributed by atoms with Crippen molar-refractivity contribution >= 4 is 17.5 Å². The van der Waals surface area contributed by atoms with E-state index in [1.165, 1.54) is 24.3 Å². The van der Waals surface area contributed by atoms with Gasteiger partial charge in [0.15, 0.2) is 5.60 Å². The molecule has 0 aliphatic carbocycles. The van der Waals surface area contributed by atoms with Gasteiger partial charge in [-0.05, 0) is 67.3 Å². The number of carbonyl (C=O) groups is 2. The van der Waals surface area contributed by atoms with Gasteiger partial charge in [0, 0.05) is 22.4 Å². The number of nitrogens with one attached hydrogen (secondary N) is 2. The minimum atomic E-state index is -3.36. The van der Waals surface area contributed by atoms with Crippen molar-refractivity contribution in [3.05, 3.63) is 65.2 Å². The maximum absolute atomic E-state index is 13.0. The molecule has 160 valence electrons. The SMILES string of the molecule is C[C@](O)(C(F)F)[C@@H](NC(=O)c1ccc(C#CC#Cc2ccc(N)cc2)cc1)C(=O)NO. The Morgan fingerprint density at radius 3 is 1.94 bits per heavy atom. The van der Waals surface area contributed by atoms with Gasteiger partial charge in [0.05, 0.1) is 0 Å². The molecule has 0 saturated carbocycles. The Bertz CT molecular complexity index is 1060. The van der Waals surface area contributed by atoms with E-state index in [-0.39, 0.29) is 5.56 Å². The number of nitrogens with two attached hydrogens (primary N) is 1. The van der Waals surface area contributed by atoms with Crippen molar-refractivity contribution in [3.63, 3.8) is 0 Å². The summed E-state index contributed by atoms with van der Waals surface area (Å²) in [7, 11) is 0. The molecule has 0 fully saturated rings. The van der Waals surface area contributed by atoms with Crippen LogP contribution in [0.5, 0.6) is 0 Å². The van der Waals surface area contributed by atoms with Crippen molar-refractivity contribution < 1.29 is 28.7 Å². The average molecular weight is 427 g/mol. The van der Waals surface area contributed by atoms with Crippen molar-refractivity contribution in [2.75, 3.05) is 5.73 Å². The molecule has 2 aromatic carbocycles. The number of benzene rings is 2. The molecule has 2 atom stereocenters. The Kier molecular flexibility index (Phi) is 7.70. The molecule has 2 rings (SSSR count).